The summed E-state index contributed by atoms with van der Waals surface area (Å²) < 4.78 is 5.00. The number of amides is 4. The van der Waals surface area contributed by atoms with Crippen molar-refractivity contribution in [2.45, 2.75) is 0 Å². The fraction of sp³-hybridized carbons (Fsp3) is 0. The fourth-order valence-electron chi connectivity index (χ4n) is 4.91. The lowest BCUT2D eigenvalue weighted by atomic mass is 9.80. The van der Waals surface area contributed by atoms with Crippen LogP contribution in [0.5, 0.6) is 5.75 Å². The van der Waals surface area contributed by atoms with Crippen LogP contribution in [-0.2, 0) is 0 Å². The number of carbonyl (C=O) groups excluding carboxylic acids is 4. The Hall–Kier alpha value is -4.77. The van der Waals surface area contributed by atoms with E-state index in [4.69, 9.17) is 9.68 Å². The van der Waals surface area contributed by atoms with Crippen LogP contribution in [0.1, 0.15) is 41.4 Å². The largest absolute Gasteiger partial charge is 0.539 e. The molecule has 3 N–H and O–H groups in total. The van der Waals surface area contributed by atoms with E-state index in [-0.39, 0.29) is 44.2 Å². The minimum absolute atomic E-state index is 0.158. The molecule has 4 aromatic rings. The number of anilines is 2. The Morgan fingerprint density at radius 1 is 0.579 bits per heavy atom. The van der Waals surface area contributed by atoms with Crippen molar-refractivity contribution < 1.29 is 38.9 Å². The van der Waals surface area contributed by atoms with Gasteiger partial charge in [0.2, 0.25) is 0 Å². The molecular formula is C26H16B2N2O8. The van der Waals surface area contributed by atoms with E-state index >= 15 is 0 Å². The third kappa shape index (κ3) is 3.36. The maximum atomic E-state index is 13.5. The van der Waals surface area contributed by atoms with Gasteiger partial charge in [0, 0.05) is 33.0 Å². The van der Waals surface area contributed by atoms with Gasteiger partial charge in [-0.25, -0.2) is 9.80 Å². The zero-order chi connectivity index (χ0) is 26.7. The highest BCUT2D eigenvalue weighted by Crippen LogP contribution is 2.40. The van der Waals surface area contributed by atoms with E-state index in [1.54, 1.807) is 0 Å². The van der Waals surface area contributed by atoms with Crippen molar-refractivity contribution >= 4 is 66.0 Å². The summed E-state index contributed by atoms with van der Waals surface area (Å²) >= 11 is 0. The Morgan fingerprint density at radius 3 is 1.29 bits per heavy atom. The third-order valence-electron chi connectivity index (χ3n) is 6.67. The lowest BCUT2D eigenvalue weighted by Crippen LogP contribution is -2.43. The van der Waals surface area contributed by atoms with Crippen molar-refractivity contribution in [1.82, 2.24) is 0 Å². The fourth-order valence-corrected chi connectivity index (χ4v) is 4.91. The summed E-state index contributed by atoms with van der Waals surface area (Å²) in [4.78, 5) is 56.0. The van der Waals surface area contributed by atoms with Gasteiger partial charge in [0.05, 0.1) is 11.4 Å². The number of imide groups is 2. The quantitative estimate of drug-likeness (QED) is 0.266. The summed E-state index contributed by atoms with van der Waals surface area (Å²) in [5.41, 5.74) is 1.38. The average Bonchev–Trinajstić information content (AvgIpc) is 2.92. The van der Waals surface area contributed by atoms with E-state index in [2.05, 4.69) is 0 Å². The van der Waals surface area contributed by atoms with Gasteiger partial charge in [0.25, 0.3) is 23.6 Å². The molecule has 38 heavy (non-hydrogen) atoms. The third-order valence-corrected chi connectivity index (χ3v) is 6.67. The van der Waals surface area contributed by atoms with E-state index < -0.39 is 38.4 Å². The summed E-state index contributed by atoms with van der Waals surface area (Å²) in [5.74, 6) is -2.13. The number of nitrogens with zero attached hydrogens (tertiary/aromatic N) is 2. The van der Waals surface area contributed by atoms with Crippen LogP contribution in [-0.4, -0.2) is 53.5 Å². The van der Waals surface area contributed by atoms with Crippen molar-refractivity contribution in [1.29, 1.82) is 0 Å². The topological polar surface area (TPSA) is 145 Å². The van der Waals surface area contributed by atoms with Crippen LogP contribution in [0.3, 0.4) is 0 Å². The van der Waals surface area contributed by atoms with Gasteiger partial charge < -0.3 is 19.7 Å². The minimum Gasteiger partial charge on any atom is -0.539 e. The molecule has 10 nitrogen and oxygen atoms in total. The monoisotopic (exact) mass is 506 g/mol. The number of carbonyl (C=O) groups is 4. The van der Waals surface area contributed by atoms with E-state index in [1.807, 2.05) is 0 Å². The Balaban J connectivity index is 1.46. The second-order valence-corrected chi connectivity index (χ2v) is 8.70. The van der Waals surface area contributed by atoms with Crippen molar-refractivity contribution in [3.05, 3.63) is 95.1 Å². The molecule has 0 saturated heterocycles. The molecule has 4 amide bonds. The highest BCUT2D eigenvalue weighted by atomic mass is 16.5. The van der Waals surface area contributed by atoms with Crippen LogP contribution < -0.4 is 19.9 Å². The van der Waals surface area contributed by atoms with Crippen LogP contribution in [0, 0.1) is 0 Å². The molecule has 184 valence electrons. The molecule has 4 aromatic carbocycles. The lowest BCUT2D eigenvalue weighted by Gasteiger charge is -2.32. The van der Waals surface area contributed by atoms with Gasteiger partial charge >= 0.3 is 14.8 Å². The van der Waals surface area contributed by atoms with Gasteiger partial charge in [-0.2, -0.15) is 0 Å². The zero-order valence-electron chi connectivity index (χ0n) is 19.5. The molecule has 0 fully saturated rings. The molecule has 0 atom stereocenters. The van der Waals surface area contributed by atoms with Crippen LogP contribution in [0.4, 0.5) is 11.4 Å². The average molecular weight is 506 g/mol. The standard InChI is InChI=1S/C26H16B2N2O8/c31-23-17-9-11-19-22-20(26(34)30(25(19)33)15-5-7-16(8-6-15)38-27-35)12-10-18(21(17)22)24(32)29(23)14-3-1-13(2-4-14)28(36)37/h1-12,27,35-37H. The van der Waals surface area contributed by atoms with Gasteiger partial charge in [0.15, 0.2) is 0 Å². The van der Waals surface area contributed by atoms with Gasteiger partial charge in [-0.05, 0) is 66.1 Å². The Labute approximate surface area is 215 Å². The second-order valence-electron chi connectivity index (χ2n) is 8.70. The molecular weight excluding hydrogens is 490 g/mol. The smallest absolute Gasteiger partial charge is 0.504 e. The maximum absolute atomic E-state index is 13.5. The van der Waals surface area contributed by atoms with E-state index in [1.165, 1.54) is 72.8 Å². The highest BCUT2D eigenvalue weighted by Gasteiger charge is 2.40. The van der Waals surface area contributed by atoms with Crippen LogP contribution in [0.2, 0.25) is 0 Å². The SMILES string of the molecule is O=C1c2ccc3c4c(ccc(c24)C(=O)N1c1ccc(OBO)cc1)C(=O)N(c1ccc(B(O)O)cc1)C3=O. The van der Waals surface area contributed by atoms with Gasteiger partial charge in [-0.1, -0.05) is 12.1 Å². The lowest BCUT2D eigenvalue weighted by molar-refractivity contribution is 0.0873. The van der Waals surface area contributed by atoms with E-state index in [0.717, 1.165) is 9.80 Å². The first-order valence-electron chi connectivity index (χ1n) is 11.5. The highest BCUT2D eigenvalue weighted by molar-refractivity contribution is 6.58. The van der Waals surface area contributed by atoms with Crippen LogP contribution in [0.25, 0.3) is 10.8 Å². The number of rotatable bonds is 5. The Kier molecular flexibility index (Phi) is 5.39. The maximum Gasteiger partial charge on any atom is 0.504 e. The molecule has 2 aliphatic rings. The first-order chi connectivity index (χ1) is 18.3. The van der Waals surface area contributed by atoms with Crippen LogP contribution in [0.15, 0.2) is 72.8 Å². The molecule has 0 radical (unpaired) electrons. The van der Waals surface area contributed by atoms with Gasteiger partial charge in [0.1, 0.15) is 5.75 Å². The molecule has 2 aliphatic heterocycles. The minimum atomic E-state index is -1.70. The van der Waals surface area contributed by atoms with Crippen molar-refractivity contribution in [3.8, 4) is 5.75 Å². The summed E-state index contributed by atoms with van der Waals surface area (Å²) in [7, 11) is -2.22. The van der Waals surface area contributed by atoms with Crippen molar-refractivity contribution in [2.75, 3.05) is 9.80 Å². The van der Waals surface area contributed by atoms with Crippen molar-refractivity contribution in [3.63, 3.8) is 0 Å². The first kappa shape index (κ1) is 23.6. The Morgan fingerprint density at radius 2 is 0.947 bits per heavy atom. The molecule has 0 bridgehead atoms. The Bertz CT molecular complexity index is 1620. The summed E-state index contributed by atoms with van der Waals surface area (Å²) in [5, 5.41) is 28.1. The normalized spacial score (nSPS) is 14.3. The predicted molar refractivity (Wildman–Crippen MR) is 139 cm³/mol. The molecule has 0 unspecified atom stereocenters. The molecule has 0 aromatic heterocycles. The molecule has 0 aliphatic carbocycles. The van der Waals surface area contributed by atoms with Gasteiger partial charge in [-0.3, -0.25) is 19.2 Å². The number of hydrogen-bond donors (Lipinski definition) is 3. The van der Waals surface area contributed by atoms with E-state index in [0.29, 0.717) is 11.4 Å². The molecule has 0 spiro atoms. The predicted octanol–water partition coefficient (Wildman–Crippen LogP) is 0.758. The molecule has 12 heteroatoms. The number of hydrogen-bond acceptors (Lipinski definition) is 8. The second kappa shape index (κ2) is 8.67. The zero-order valence-corrected chi connectivity index (χ0v) is 19.5. The van der Waals surface area contributed by atoms with E-state index in [9.17, 15) is 29.2 Å². The number of benzene rings is 4. The van der Waals surface area contributed by atoms with Gasteiger partial charge in [-0.15, -0.1) is 0 Å². The summed E-state index contributed by atoms with van der Waals surface area (Å²) in [6.07, 6.45) is 0. The van der Waals surface area contributed by atoms with Crippen LogP contribution >= 0.6 is 0 Å². The summed E-state index contributed by atoms with van der Waals surface area (Å²) in [6.45, 7) is 0. The summed E-state index contributed by atoms with van der Waals surface area (Å²) in [6, 6.07) is 17.6. The van der Waals surface area contributed by atoms with Crippen molar-refractivity contribution in [2.24, 2.45) is 0 Å². The first-order valence-corrected chi connectivity index (χ1v) is 11.5. The molecule has 6 rings (SSSR count). The molecule has 2 heterocycles. The molecule has 0 saturated carbocycles.